The molecule has 4 nitrogen and oxygen atoms in total. The van der Waals surface area contributed by atoms with E-state index in [1.807, 2.05) is 18.2 Å². The highest BCUT2D eigenvalue weighted by atomic mass is 79.9. The second kappa shape index (κ2) is 4.24. The molecule has 0 bridgehead atoms. The SMILES string of the molecule is N#Cc1ccc2nc(-c3ccc(Br)cn3)[nH]c2c1. The molecule has 0 aliphatic rings. The molecule has 0 atom stereocenters. The van der Waals surface area contributed by atoms with E-state index in [0.29, 0.717) is 11.4 Å². The third-order valence-electron chi connectivity index (χ3n) is 2.58. The summed E-state index contributed by atoms with van der Waals surface area (Å²) in [6.45, 7) is 0. The Morgan fingerprint density at radius 2 is 2.11 bits per heavy atom. The van der Waals surface area contributed by atoms with Gasteiger partial charge in [-0.25, -0.2) is 4.98 Å². The summed E-state index contributed by atoms with van der Waals surface area (Å²) in [4.78, 5) is 11.9. The van der Waals surface area contributed by atoms with Crippen molar-refractivity contribution in [1.29, 1.82) is 5.26 Å². The first-order valence-corrected chi connectivity index (χ1v) is 6.07. The molecule has 0 saturated heterocycles. The highest BCUT2D eigenvalue weighted by Crippen LogP contribution is 2.20. The second-order valence-electron chi connectivity index (χ2n) is 3.79. The lowest BCUT2D eigenvalue weighted by Crippen LogP contribution is -1.84. The van der Waals surface area contributed by atoms with Crippen LogP contribution >= 0.6 is 15.9 Å². The number of aromatic nitrogens is 3. The highest BCUT2D eigenvalue weighted by Gasteiger charge is 2.06. The molecule has 2 aromatic heterocycles. The molecule has 86 valence electrons. The Kier molecular flexibility index (Phi) is 2.58. The number of rotatable bonds is 1. The monoisotopic (exact) mass is 298 g/mol. The van der Waals surface area contributed by atoms with Crippen molar-refractivity contribution in [1.82, 2.24) is 15.0 Å². The second-order valence-corrected chi connectivity index (χ2v) is 4.71. The zero-order chi connectivity index (χ0) is 12.5. The lowest BCUT2D eigenvalue weighted by molar-refractivity contribution is 1.23. The summed E-state index contributed by atoms with van der Waals surface area (Å²) in [5.74, 6) is 0.701. The lowest BCUT2D eigenvalue weighted by Gasteiger charge is -1.94. The van der Waals surface area contributed by atoms with Gasteiger partial charge >= 0.3 is 0 Å². The van der Waals surface area contributed by atoms with Crippen LogP contribution in [-0.2, 0) is 0 Å². The van der Waals surface area contributed by atoms with E-state index in [1.54, 1.807) is 18.3 Å². The highest BCUT2D eigenvalue weighted by molar-refractivity contribution is 9.10. The van der Waals surface area contributed by atoms with Crippen molar-refractivity contribution in [3.05, 3.63) is 46.6 Å². The fraction of sp³-hybridized carbons (Fsp3) is 0. The van der Waals surface area contributed by atoms with E-state index < -0.39 is 0 Å². The minimum Gasteiger partial charge on any atom is -0.337 e. The molecular formula is C13H7BrN4. The van der Waals surface area contributed by atoms with Crippen molar-refractivity contribution in [3.8, 4) is 17.6 Å². The normalized spacial score (nSPS) is 10.4. The quantitative estimate of drug-likeness (QED) is 0.750. The summed E-state index contributed by atoms with van der Waals surface area (Å²) in [7, 11) is 0. The van der Waals surface area contributed by atoms with Crippen LogP contribution in [0.2, 0.25) is 0 Å². The molecule has 2 heterocycles. The molecule has 0 spiro atoms. The predicted molar refractivity (Wildman–Crippen MR) is 71.7 cm³/mol. The van der Waals surface area contributed by atoms with Crippen molar-refractivity contribution < 1.29 is 0 Å². The van der Waals surface area contributed by atoms with E-state index in [1.165, 1.54) is 0 Å². The predicted octanol–water partition coefficient (Wildman–Crippen LogP) is 3.26. The number of hydrogen-bond acceptors (Lipinski definition) is 3. The van der Waals surface area contributed by atoms with Gasteiger partial charge in [0.25, 0.3) is 0 Å². The summed E-state index contributed by atoms with van der Waals surface area (Å²) in [6, 6.07) is 11.3. The third kappa shape index (κ3) is 1.87. The molecule has 18 heavy (non-hydrogen) atoms. The summed E-state index contributed by atoms with van der Waals surface area (Å²) in [5.41, 5.74) is 3.05. The van der Waals surface area contributed by atoms with Crippen molar-refractivity contribution in [2.45, 2.75) is 0 Å². The van der Waals surface area contributed by atoms with E-state index in [2.05, 4.69) is 37.0 Å². The number of nitrogens with zero attached hydrogens (tertiary/aromatic N) is 3. The van der Waals surface area contributed by atoms with Crippen LogP contribution in [-0.4, -0.2) is 15.0 Å². The van der Waals surface area contributed by atoms with E-state index in [4.69, 9.17) is 5.26 Å². The van der Waals surface area contributed by atoms with E-state index in [0.717, 1.165) is 21.2 Å². The molecule has 0 unspecified atom stereocenters. The summed E-state index contributed by atoms with van der Waals surface area (Å²) in [6.07, 6.45) is 1.73. The van der Waals surface area contributed by atoms with Gasteiger partial charge < -0.3 is 4.98 Å². The molecule has 0 fully saturated rings. The smallest absolute Gasteiger partial charge is 0.157 e. The molecule has 0 amide bonds. The first-order chi connectivity index (χ1) is 8.76. The van der Waals surface area contributed by atoms with Gasteiger partial charge in [-0.3, -0.25) is 4.98 Å². The van der Waals surface area contributed by atoms with Gasteiger partial charge in [-0.2, -0.15) is 5.26 Å². The van der Waals surface area contributed by atoms with Gasteiger partial charge in [-0.15, -0.1) is 0 Å². The van der Waals surface area contributed by atoms with Gasteiger partial charge in [0.2, 0.25) is 0 Å². The van der Waals surface area contributed by atoms with Crippen LogP contribution in [0.4, 0.5) is 0 Å². The van der Waals surface area contributed by atoms with Crippen molar-refractivity contribution in [2.75, 3.05) is 0 Å². The van der Waals surface area contributed by atoms with Crippen LogP contribution in [0, 0.1) is 11.3 Å². The number of benzene rings is 1. The molecule has 3 aromatic rings. The van der Waals surface area contributed by atoms with Crippen LogP contribution in [0.1, 0.15) is 5.56 Å². The van der Waals surface area contributed by atoms with E-state index in [-0.39, 0.29) is 0 Å². The minimum atomic E-state index is 0.612. The maximum absolute atomic E-state index is 8.85. The van der Waals surface area contributed by atoms with Gasteiger partial charge in [0, 0.05) is 10.7 Å². The number of halogens is 1. The summed E-state index contributed by atoms with van der Waals surface area (Å²) >= 11 is 3.34. The van der Waals surface area contributed by atoms with Crippen LogP contribution in [0.5, 0.6) is 0 Å². The molecule has 0 aliphatic carbocycles. The number of nitriles is 1. The van der Waals surface area contributed by atoms with Crippen LogP contribution in [0.3, 0.4) is 0 Å². The number of fused-ring (bicyclic) bond motifs is 1. The zero-order valence-electron chi connectivity index (χ0n) is 9.18. The molecule has 0 aliphatic heterocycles. The van der Waals surface area contributed by atoms with Gasteiger partial charge in [-0.05, 0) is 46.3 Å². The zero-order valence-corrected chi connectivity index (χ0v) is 10.8. The van der Waals surface area contributed by atoms with Crippen molar-refractivity contribution >= 4 is 27.0 Å². The Morgan fingerprint density at radius 3 is 2.83 bits per heavy atom. The number of pyridine rings is 1. The van der Waals surface area contributed by atoms with Crippen LogP contribution < -0.4 is 0 Å². The van der Waals surface area contributed by atoms with Crippen molar-refractivity contribution in [2.24, 2.45) is 0 Å². The average molecular weight is 299 g/mol. The maximum atomic E-state index is 8.85. The summed E-state index contributed by atoms with van der Waals surface area (Å²) < 4.78 is 0.925. The number of H-pyrrole nitrogens is 1. The Bertz CT molecular complexity index is 753. The molecule has 1 N–H and O–H groups in total. The molecular weight excluding hydrogens is 292 g/mol. The standard InChI is InChI=1S/C13H7BrN4/c14-9-2-4-11(16-7-9)13-17-10-3-1-8(6-15)5-12(10)18-13/h1-5,7H,(H,17,18). The molecule has 0 radical (unpaired) electrons. The number of aromatic amines is 1. The first kappa shape index (κ1) is 10.9. The molecule has 1 aromatic carbocycles. The van der Waals surface area contributed by atoms with Gasteiger partial charge in [0.05, 0.1) is 22.7 Å². The fourth-order valence-electron chi connectivity index (χ4n) is 1.72. The average Bonchev–Trinajstić information content (AvgIpc) is 2.82. The van der Waals surface area contributed by atoms with Crippen LogP contribution in [0.15, 0.2) is 41.0 Å². The minimum absolute atomic E-state index is 0.612. The fourth-order valence-corrected chi connectivity index (χ4v) is 1.95. The Balaban J connectivity index is 2.13. The Morgan fingerprint density at radius 1 is 1.22 bits per heavy atom. The Labute approximate surface area is 111 Å². The van der Waals surface area contributed by atoms with Gasteiger partial charge in [0.1, 0.15) is 5.69 Å². The maximum Gasteiger partial charge on any atom is 0.157 e. The molecule has 3 rings (SSSR count). The third-order valence-corrected chi connectivity index (χ3v) is 3.05. The number of nitrogens with one attached hydrogen (secondary N) is 1. The topological polar surface area (TPSA) is 65.4 Å². The first-order valence-electron chi connectivity index (χ1n) is 5.28. The number of hydrogen-bond donors (Lipinski definition) is 1. The van der Waals surface area contributed by atoms with E-state index in [9.17, 15) is 0 Å². The van der Waals surface area contributed by atoms with Crippen LogP contribution in [0.25, 0.3) is 22.6 Å². The lowest BCUT2D eigenvalue weighted by atomic mass is 10.2. The van der Waals surface area contributed by atoms with Gasteiger partial charge in [0.15, 0.2) is 5.82 Å². The molecule has 5 heteroatoms. The number of imidazole rings is 1. The molecule has 0 saturated carbocycles. The summed E-state index contributed by atoms with van der Waals surface area (Å²) in [5, 5.41) is 8.85. The van der Waals surface area contributed by atoms with Crippen molar-refractivity contribution in [3.63, 3.8) is 0 Å². The largest absolute Gasteiger partial charge is 0.337 e. The van der Waals surface area contributed by atoms with E-state index >= 15 is 0 Å². The Hall–Kier alpha value is -2.19. The van der Waals surface area contributed by atoms with Gasteiger partial charge in [-0.1, -0.05) is 0 Å².